The molecule has 0 aliphatic rings. The number of phosphoric acid groups is 1. The molecule has 0 spiro atoms. The van der Waals surface area contributed by atoms with Gasteiger partial charge >= 0.3 is 13.3 Å². The zero-order chi connectivity index (χ0) is 24.2. The summed E-state index contributed by atoms with van der Waals surface area (Å²) in [5, 5.41) is 0. The van der Waals surface area contributed by atoms with Crippen molar-refractivity contribution in [1.82, 2.24) is 0 Å². The Bertz CT molecular complexity index is 1230. The largest absolute Gasteiger partial charge is 0.649 e. The normalized spacial score (nSPS) is 11.8. The maximum absolute atomic E-state index is 13.7. The van der Waals surface area contributed by atoms with Gasteiger partial charge in [0, 0.05) is 11.1 Å². The van der Waals surface area contributed by atoms with Gasteiger partial charge in [-0.25, -0.2) is 0 Å². The summed E-state index contributed by atoms with van der Waals surface area (Å²) in [6, 6.07) is 24.5. The van der Waals surface area contributed by atoms with Crippen LogP contribution in [0.3, 0.4) is 0 Å². The minimum absolute atomic E-state index is 0.00901. The van der Waals surface area contributed by atoms with Crippen LogP contribution < -0.4 is 13.6 Å². The first-order chi connectivity index (χ1) is 16.2. The van der Waals surface area contributed by atoms with Crippen molar-refractivity contribution in [2.45, 2.75) is 17.3 Å². The Labute approximate surface area is 198 Å². The van der Waals surface area contributed by atoms with Crippen molar-refractivity contribution in [1.29, 1.82) is 0 Å². The van der Waals surface area contributed by atoms with Gasteiger partial charge in [0.25, 0.3) is 5.95 Å². The lowest BCUT2D eigenvalue weighted by Gasteiger charge is -2.18. The predicted molar refractivity (Wildman–Crippen MR) is 123 cm³/mol. The lowest BCUT2D eigenvalue weighted by atomic mass is 10.1. The maximum atomic E-state index is 13.7. The molecule has 0 saturated carbocycles. The number of furan rings is 1. The molecule has 0 unspecified atom stereocenters. The van der Waals surface area contributed by atoms with Gasteiger partial charge in [0.15, 0.2) is 5.76 Å². The molecule has 34 heavy (non-hydrogen) atoms. The van der Waals surface area contributed by atoms with Gasteiger partial charge in [-0.1, -0.05) is 66.7 Å². The SMILES string of the molecule is Cc1c(OP(=O)(Oc2ccccc2)Oc2ccccc2)oc(-c2ccccc2)c1SC(F)(F)F. The highest BCUT2D eigenvalue weighted by Crippen LogP contribution is 2.54. The van der Waals surface area contributed by atoms with Crippen LogP contribution >= 0.6 is 19.6 Å². The van der Waals surface area contributed by atoms with E-state index in [0.29, 0.717) is 5.56 Å². The molecular weight excluding hydrogens is 488 g/mol. The smallest absolute Gasteiger partial charge is 0.424 e. The van der Waals surface area contributed by atoms with E-state index in [1.807, 2.05) is 0 Å². The second-order valence-corrected chi connectivity index (χ2v) is 9.45. The first-order valence-electron chi connectivity index (χ1n) is 9.96. The topological polar surface area (TPSA) is 57.9 Å². The standard InChI is InChI=1S/C24H18F3O5PS/c1-17-22(34-24(25,26)27)21(18-11-5-2-6-12-18)29-23(17)32-33(28,30-19-13-7-3-8-14-19)31-20-15-9-4-10-16-20/h2-16H,1H3. The van der Waals surface area contributed by atoms with Crippen molar-refractivity contribution < 1.29 is 35.7 Å². The molecule has 0 atom stereocenters. The Balaban J connectivity index is 1.75. The summed E-state index contributed by atoms with van der Waals surface area (Å²) >= 11 is -0.341. The fraction of sp³-hybridized carbons (Fsp3) is 0.0833. The highest BCUT2D eigenvalue weighted by molar-refractivity contribution is 8.00. The zero-order valence-electron chi connectivity index (χ0n) is 17.7. The van der Waals surface area contributed by atoms with Crippen LogP contribution in [-0.2, 0) is 4.57 Å². The number of hydrogen-bond donors (Lipinski definition) is 0. The first kappa shape index (κ1) is 23.9. The van der Waals surface area contributed by atoms with Crippen molar-refractivity contribution in [3.63, 3.8) is 0 Å². The molecule has 4 aromatic rings. The maximum Gasteiger partial charge on any atom is 0.649 e. The van der Waals surface area contributed by atoms with Crippen LogP contribution in [0.15, 0.2) is 100 Å². The van der Waals surface area contributed by atoms with Gasteiger partial charge in [-0.3, -0.25) is 0 Å². The molecule has 0 amide bonds. The van der Waals surface area contributed by atoms with Gasteiger partial charge in [-0.05, 0) is 43.0 Å². The van der Waals surface area contributed by atoms with E-state index in [-0.39, 0.29) is 39.5 Å². The Morgan fingerprint density at radius 3 is 1.71 bits per heavy atom. The van der Waals surface area contributed by atoms with Crippen LogP contribution in [0.5, 0.6) is 17.4 Å². The summed E-state index contributed by atoms with van der Waals surface area (Å²) in [4.78, 5) is -0.209. The lowest BCUT2D eigenvalue weighted by molar-refractivity contribution is -0.0328. The van der Waals surface area contributed by atoms with Gasteiger partial charge in [0.1, 0.15) is 11.5 Å². The first-order valence-corrected chi connectivity index (χ1v) is 12.2. The van der Waals surface area contributed by atoms with Crippen molar-refractivity contribution in [3.05, 3.63) is 96.6 Å². The third-order valence-electron chi connectivity index (χ3n) is 4.42. The molecule has 5 nitrogen and oxygen atoms in total. The van der Waals surface area contributed by atoms with E-state index in [4.69, 9.17) is 18.0 Å². The number of hydrogen-bond acceptors (Lipinski definition) is 6. The summed E-state index contributed by atoms with van der Waals surface area (Å²) in [7, 11) is -4.45. The molecule has 0 radical (unpaired) electrons. The molecule has 0 aliphatic heterocycles. The highest BCUT2D eigenvalue weighted by Gasteiger charge is 2.39. The van der Waals surface area contributed by atoms with E-state index in [1.54, 1.807) is 91.0 Å². The second-order valence-electron chi connectivity index (χ2n) is 6.93. The molecule has 0 saturated heterocycles. The summed E-state index contributed by atoms with van der Waals surface area (Å²) in [6.45, 7) is 1.38. The second kappa shape index (κ2) is 9.91. The van der Waals surface area contributed by atoms with E-state index >= 15 is 0 Å². The number of phosphoric ester groups is 1. The molecule has 176 valence electrons. The average molecular weight is 506 g/mol. The van der Waals surface area contributed by atoms with Crippen molar-refractivity contribution >= 4 is 19.6 Å². The molecular formula is C24H18F3O5PS. The van der Waals surface area contributed by atoms with E-state index < -0.39 is 19.3 Å². The van der Waals surface area contributed by atoms with Gasteiger partial charge < -0.3 is 18.0 Å². The molecule has 1 aromatic heterocycles. The number of para-hydroxylation sites is 2. The van der Waals surface area contributed by atoms with Gasteiger partial charge in [0.05, 0.1) is 4.90 Å². The summed E-state index contributed by atoms with van der Waals surface area (Å²) in [5.41, 5.74) is -4.18. The van der Waals surface area contributed by atoms with Gasteiger partial charge in [-0.15, -0.1) is 0 Å². The molecule has 0 fully saturated rings. The number of benzene rings is 3. The van der Waals surface area contributed by atoms with Crippen molar-refractivity contribution in [2.75, 3.05) is 0 Å². The molecule has 10 heteroatoms. The molecule has 3 aromatic carbocycles. The van der Waals surface area contributed by atoms with E-state index in [9.17, 15) is 17.7 Å². The number of rotatable bonds is 8. The van der Waals surface area contributed by atoms with E-state index in [1.165, 1.54) is 6.92 Å². The summed E-state index contributed by atoms with van der Waals surface area (Å²) in [5.74, 6) is -0.111. The molecule has 0 N–H and O–H groups in total. The minimum Gasteiger partial charge on any atom is -0.424 e. The van der Waals surface area contributed by atoms with Crippen LogP contribution in [0.1, 0.15) is 5.56 Å². The third-order valence-corrected chi connectivity index (χ3v) is 6.60. The Kier molecular flexibility index (Phi) is 6.95. The van der Waals surface area contributed by atoms with Crippen LogP contribution in [0.4, 0.5) is 13.2 Å². The monoisotopic (exact) mass is 506 g/mol. The fourth-order valence-electron chi connectivity index (χ4n) is 2.96. The number of thioether (sulfide) groups is 1. The average Bonchev–Trinajstić information content (AvgIpc) is 3.09. The lowest BCUT2D eigenvalue weighted by Crippen LogP contribution is -2.07. The Morgan fingerprint density at radius 2 is 1.24 bits per heavy atom. The molecule has 0 aliphatic carbocycles. The van der Waals surface area contributed by atoms with Crippen molar-refractivity contribution in [2.24, 2.45) is 0 Å². The Hall–Kier alpha value is -3.29. The number of alkyl halides is 3. The van der Waals surface area contributed by atoms with Gasteiger partial charge in [-0.2, -0.15) is 17.7 Å². The quantitative estimate of drug-likeness (QED) is 0.176. The predicted octanol–water partition coefficient (Wildman–Crippen LogP) is 8.51. The highest BCUT2D eigenvalue weighted by atomic mass is 32.2. The summed E-state index contributed by atoms with van der Waals surface area (Å²) in [6.07, 6.45) is 0. The van der Waals surface area contributed by atoms with Crippen LogP contribution in [0.25, 0.3) is 11.3 Å². The van der Waals surface area contributed by atoms with Crippen LogP contribution in [0.2, 0.25) is 0 Å². The minimum atomic E-state index is -4.58. The zero-order valence-corrected chi connectivity index (χ0v) is 19.4. The molecule has 1 heterocycles. The fourth-order valence-corrected chi connectivity index (χ4v) is 4.93. The number of halogens is 3. The third kappa shape index (κ3) is 5.98. The van der Waals surface area contributed by atoms with Gasteiger partial charge in [0.2, 0.25) is 0 Å². The summed E-state index contributed by atoms with van der Waals surface area (Å²) < 4.78 is 75.9. The van der Waals surface area contributed by atoms with E-state index in [2.05, 4.69) is 0 Å². The van der Waals surface area contributed by atoms with Crippen LogP contribution in [0, 0.1) is 6.92 Å². The van der Waals surface area contributed by atoms with Crippen molar-refractivity contribution in [3.8, 4) is 28.8 Å². The molecule has 4 rings (SSSR count). The van der Waals surface area contributed by atoms with Crippen LogP contribution in [-0.4, -0.2) is 5.51 Å². The Morgan fingerprint density at radius 1 is 0.765 bits per heavy atom. The van der Waals surface area contributed by atoms with E-state index in [0.717, 1.165) is 0 Å². The molecule has 0 bridgehead atoms.